The van der Waals surface area contributed by atoms with Crippen LogP contribution in [0.3, 0.4) is 0 Å². The van der Waals surface area contributed by atoms with Gasteiger partial charge in [0.05, 0.1) is 26.4 Å². The number of methoxy groups -OCH3 is 2. The van der Waals surface area contributed by atoms with Crippen LogP contribution in [-0.4, -0.2) is 90.7 Å². The normalized spacial score (nSPS) is 8.12. The number of rotatable bonds is 6. The minimum absolute atomic E-state index is 0. The van der Waals surface area contributed by atoms with E-state index in [1.165, 1.54) is 14.2 Å². The van der Waals surface area contributed by atoms with Crippen LogP contribution in [0.5, 0.6) is 0 Å². The standard InChI is InChI=1S/2C4H8O4.Ca/c2*1-7-2-3-8-4(5)6;/h2*2-3H2,1H3,(H,5,6);/q;;+2/p-2. The Hall–Kier alpha value is -0.280. The number of carbonyl (C=O) groups excluding carboxylic acids is 2. The molecule has 0 spiro atoms. The largest absolute Gasteiger partial charge is 2.00 e. The fourth-order valence-corrected chi connectivity index (χ4v) is 0.417. The van der Waals surface area contributed by atoms with Crippen molar-refractivity contribution in [2.45, 2.75) is 0 Å². The third-order valence-corrected chi connectivity index (χ3v) is 1.01. The van der Waals surface area contributed by atoms with E-state index in [1.54, 1.807) is 0 Å². The Kier molecular flexibility index (Phi) is 23.4. The van der Waals surface area contributed by atoms with Gasteiger partial charge < -0.3 is 38.7 Å². The number of hydrogen-bond donors (Lipinski definition) is 0. The van der Waals surface area contributed by atoms with Crippen molar-refractivity contribution in [3.8, 4) is 0 Å². The van der Waals surface area contributed by atoms with Crippen molar-refractivity contribution in [1.29, 1.82) is 0 Å². The summed E-state index contributed by atoms with van der Waals surface area (Å²) in [6, 6.07) is 0. The second-order valence-corrected chi connectivity index (χ2v) is 2.18. The van der Waals surface area contributed by atoms with Crippen LogP contribution < -0.4 is 10.2 Å². The SMILES string of the molecule is COCCOC(=O)[O-].COCCOC(=O)[O-].[Ca+2]. The predicted octanol–water partition coefficient (Wildman–Crippen LogP) is -2.40. The van der Waals surface area contributed by atoms with E-state index in [-0.39, 0.29) is 64.2 Å². The molecular formula is C8H14CaO8. The molecule has 9 heteroatoms. The molecule has 0 aliphatic carbocycles. The van der Waals surface area contributed by atoms with Gasteiger partial charge in [-0.25, -0.2) is 0 Å². The molecule has 0 saturated carbocycles. The first-order valence-electron chi connectivity index (χ1n) is 4.20. The van der Waals surface area contributed by atoms with Crippen molar-refractivity contribution in [1.82, 2.24) is 0 Å². The summed E-state index contributed by atoms with van der Waals surface area (Å²) in [5.74, 6) is 0. The van der Waals surface area contributed by atoms with Crippen molar-refractivity contribution < 1.29 is 38.7 Å². The zero-order valence-corrected chi connectivity index (χ0v) is 12.0. The fraction of sp³-hybridized carbons (Fsp3) is 0.750. The molecule has 0 N–H and O–H groups in total. The van der Waals surface area contributed by atoms with Crippen molar-refractivity contribution in [2.24, 2.45) is 0 Å². The third-order valence-electron chi connectivity index (χ3n) is 1.01. The molecule has 0 aromatic heterocycles. The van der Waals surface area contributed by atoms with E-state index in [0.29, 0.717) is 0 Å². The van der Waals surface area contributed by atoms with Gasteiger partial charge in [-0.05, 0) is 0 Å². The number of carbonyl (C=O) groups is 2. The van der Waals surface area contributed by atoms with Crippen LogP contribution in [0.25, 0.3) is 0 Å². The average molecular weight is 278 g/mol. The molecule has 0 fully saturated rings. The molecule has 0 bridgehead atoms. The third kappa shape index (κ3) is 31.3. The average Bonchev–Trinajstić information content (AvgIpc) is 2.18. The minimum atomic E-state index is -1.51. The Balaban J connectivity index is -0.000000218. The quantitative estimate of drug-likeness (QED) is 0.300. The van der Waals surface area contributed by atoms with E-state index in [0.717, 1.165) is 0 Å². The maximum atomic E-state index is 9.49. The van der Waals surface area contributed by atoms with Gasteiger partial charge in [-0.3, -0.25) is 0 Å². The molecule has 0 atom stereocenters. The van der Waals surface area contributed by atoms with Crippen LogP contribution in [0.4, 0.5) is 9.59 Å². The number of hydrogen-bond acceptors (Lipinski definition) is 8. The van der Waals surface area contributed by atoms with E-state index in [4.69, 9.17) is 0 Å². The van der Waals surface area contributed by atoms with Gasteiger partial charge in [0.25, 0.3) is 12.3 Å². The van der Waals surface area contributed by atoms with Crippen molar-refractivity contribution in [3.05, 3.63) is 0 Å². The predicted molar refractivity (Wildman–Crippen MR) is 52.2 cm³/mol. The Morgan fingerprint density at radius 2 is 1.12 bits per heavy atom. The molecule has 0 aromatic rings. The summed E-state index contributed by atoms with van der Waals surface area (Å²) >= 11 is 0. The van der Waals surface area contributed by atoms with Crippen molar-refractivity contribution in [3.63, 3.8) is 0 Å². The molecule has 0 rings (SSSR count). The second-order valence-electron chi connectivity index (χ2n) is 2.18. The monoisotopic (exact) mass is 278 g/mol. The van der Waals surface area contributed by atoms with Gasteiger partial charge in [0, 0.05) is 14.2 Å². The van der Waals surface area contributed by atoms with Gasteiger partial charge in [-0.2, -0.15) is 0 Å². The zero-order chi connectivity index (χ0) is 12.8. The molecule has 8 nitrogen and oxygen atoms in total. The first-order chi connectivity index (χ1) is 7.54. The molecule has 17 heavy (non-hydrogen) atoms. The van der Waals surface area contributed by atoms with Crippen molar-refractivity contribution >= 4 is 50.0 Å². The summed E-state index contributed by atoms with van der Waals surface area (Å²) in [4.78, 5) is 19.0. The summed E-state index contributed by atoms with van der Waals surface area (Å²) in [7, 11) is 2.91. The van der Waals surface area contributed by atoms with Crippen LogP contribution in [-0.2, 0) is 18.9 Å². The molecule has 0 saturated heterocycles. The van der Waals surface area contributed by atoms with E-state index in [1.807, 2.05) is 0 Å². The molecule has 0 aliphatic heterocycles. The topological polar surface area (TPSA) is 117 Å². The van der Waals surface area contributed by atoms with Gasteiger partial charge in [-0.1, -0.05) is 0 Å². The molecule has 96 valence electrons. The van der Waals surface area contributed by atoms with Crippen LogP contribution in [0.1, 0.15) is 0 Å². The van der Waals surface area contributed by atoms with E-state index < -0.39 is 12.3 Å². The zero-order valence-electron chi connectivity index (χ0n) is 9.80. The van der Waals surface area contributed by atoms with E-state index in [2.05, 4.69) is 18.9 Å². The van der Waals surface area contributed by atoms with Gasteiger partial charge in [0.15, 0.2) is 0 Å². The summed E-state index contributed by atoms with van der Waals surface area (Å²) in [5.41, 5.74) is 0. The van der Waals surface area contributed by atoms with Crippen LogP contribution >= 0.6 is 0 Å². The van der Waals surface area contributed by atoms with E-state index >= 15 is 0 Å². The number of carboxylic acid groups (broad SMARTS) is 2. The van der Waals surface area contributed by atoms with Crippen LogP contribution in [0.2, 0.25) is 0 Å². The Morgan fingerprint density at radius 3 is 1.29 bits per heavy atom. The van der Waals surface area contributed by atoms with Gasteiger partial charge >= 0.3 is 37.7 Å². The summed E-state index contributed by atoms with van der Waals surface area (Å²) in [6.07, 6.45) is -3.02. The Labute approximate surface area is 129 Å². The molecular weight excluding hydrogens is 264 g/mol. The summed E-state index contributed by atoms with van der Waals surface area (Å²) < 4.78 is 16.9. The summed E-state index contributed by atoms with van der Waals surface area (Å²) in [6.45, 7) is 0.625. The van der Waals surface area contributed by atoms with Gasteiger partial charge in [-0.15, -0.1) is 0 Å². The summed E-state index contributed by atoms with van der Waals surface area (Å²) in [5, 5.41) is 19.0. The smallest absolute Gasteiger partial charge is 0.547 e. The van der Waals surface area contributed by atoms with E-state index in [9.17, 15) is 19.8 Å². The van der Waals surface area contributed by atoms with Crippen LogP contribution in [0.15, 0.2) is 0 Å². The van der Waals surface area contributed by atoms with Crippen LogP contribution in [0, 0.1) is 0 Å². The minimum Gasteiger partial charge on any atom is -0.547 e. The Morgan fingerprint density at radius 1 is 0.824 bits per heavy atom. The molecule has 0 aromatic carbocycles. The first kappa shape index (κ1) is 21.9. The fourth-order valence-electron chi connectivity index (χ4n) is 0.417. The van der Waals surface area contributed by atoms with Gasteiger partial charge in [0.2, 0.25) is 0 Å². The van der Waals surface area contributed by atoms with Crippen molar-refractivity contribution in [2.75, 3.05) is 40.6 Å². The first-order valence-corrected chi connectivity index (χ1v) is 4.20. The Bertz CT molecular complexity index is 166. The molecule has 0 amide bonds. The second kappa shape index (κ2) is 18.1. The number of ether oxygens (including phenoxy) is 4. The maximum Gasteiger partial charge on any atom is 2.00 e. The molecule has 0 heterocycles. The van der Waals surface area contributed by atoms with Gasteiger partial charge in [0.1, 0.15) is 0 Å². The maximum absolute atomic E-state index is 9.49. The molecule has 0 unspecified atom stereocenters. The molecule has 0 aliphatic rings. The molecule has 0 radical (unpaired) electrons.